The van der Waals surface area contributed by atoms with Crippen LogP contribution in [0.3, 0.4) is 0 Å². The van der Waals surface area contributed by atoms with E-state index in [1.165, 1.54) is 6.42 Å². The van der Waals surface area contributed by atoms with Crippen molar-refractivity contribution in [2.24, 2.45) is 0 Å². The summed E-state index contributed by atoms with van der Waals surface area (Å²) < 4.78 is 27.7. The molecule has 6 heteroatoms. The summed E-state index contributed by atoms with van der Waals surface area (Å²) in [5, 5.41) is 0.548. The van der Waals surface area contributed by atoms with E-state index < -0.39 is 10.0 Å². The lowest BCUT2D eigenvalue weighted by Crippen LogP contribution is -2.39. The normalized spacial score (nSPS) is 23.7. The number of nitrogens with two attached hydrogens (primary N) is 1. The number of hydrogen-bond donors (Lipinski definition) is 2. The molecule has 0 saturated heterocycles. The van der Waals surface area contributed by atoms with Crippen molar-refractivity contribution in [1.82, 2.24) is 4.72 Å². The Balaban J connectivity index is 2.14. The number of sulfonamides is 1. The van der Waals surface area contributed by atoms with Gasteiger partial charge >= 0.3 is 0 Å². The van der Waals surface area contributed by atoms with Crippen molar-refractivity contribution in [1.29, 1.82) is 0 Å². The number of nitrogen functional groups attached to an aromatic ring is 1. The summed E-state index contributed by atoms with van der Waals surface area (Å²) in [5.41, 5.74) is 7.12. The number of anilines is 1. The van der Waals surface area contributed by atoms with E-state index in [0.717, 1.165) is 24.8 Å². The Morgan fingerprint density at radius 1 is 1.35 bits per heavy atom. The largest absolute Gasteiger partial charge is 0.398 e. The molecule has 112 valence electrons. The van der Waals surface area contributed by atoms with Crippen LogP contribution >= 0.6 is 11.8 Å². The van der Waals surface area contributed by atoms with Crippen LogP contribution in [0.4, 0.5) is 5.69 Å². The van der Waals surface area contributed by atoms with Gasteiger partial charge in [-0.3, -0.25) is 0 Å². The predicted octanol–water partition coefficient (Wildman–Crippen LogP) is 2.53. The Morgan fingerprint density at radius 3 is 2.75 bits per heavy atom. The number of thioether (sulfide) groups is 1. The molecule has 4 nitrogen and oxygen atoms in total. The summed E-state index contributed by atoms with van der Waals surface area (Å²) in [4.78, 5) is 0.189. The highest BCUT2D eigenvalue weighted by Gasteiger charge is 2.27. The third kappa shape index (κ3) is 3.68. The molecule has 1 fully saturated rings. The molecule has 0 heterocycles. The van der Waals surface area contributed by atoms with Crippen molar-refractivity contribution in [3.63, 3.8) is 0 Å². The average Bonchev–Trinajstić information content (AvgIpc) is 2.37. The van der Waals surface area contributed by atoms with E-state index in [-0.39, 0.29) is 10.9 Å². The molecule has 0 aliphatic heterocycles. The van der Waals surface area contributed by atoms with Gasteiger partial charge in [-0.15, -0.1) is 0 Å². The van der Waals surface area contributed by atoms with Crippen molar-refractivity contribution in [2.75, 3.05) is 12.0 Å². The Labute approximate surface area is 125 Å². The van der Waals surface area contributed by atoms with E-state index >= 15 is 0 Å². The Bertz CT molecular complexity index is 573. The minimum Gasteiger partial charge on any atom is -0.398 e. The molecule has 1 aromatic carbocycles. The van der Waals surface area contributed by atoms with Crippen molar-refractivity contribution < 1.29 is 8.42 Å². The van der Waals surface area contributed by atoms with E-state index in [2.05, 4.69) is 11.0 Å². The molecule has 0 bridgehead atoms. The Morgan fingerprint density at radius 2 is 2.10 bits per heavy atom. The minimum absolute atomic E-state index is 0.0203. The van der Waals surface area contributed by atoms with Crippen molar-refractivity contribution in [3.8, 4) is 0 Å². The molecule has 0 spiro atoms. The van der Waals surface area contributed by atoms with E-state index in [1.807, 2.05) is 18.7 Å². The average molecular weight is 314 g/mol. The van der Waals surface area contributed by atoms with Crippen LogP contribution in [-0.4, -0.2) is 26.0 Å². The number of hydrogen-bond acceptors (Lipinski definition) is 4. The molecule has 2 unspecified atom stereocenters. The minimum atomic E-state index is -3.52. The van der Waals surface area contributed by atoms with Crippen LogP contribution in [0.25, 0.3) is 0 Å². The van der Waals surface area contributed by atoms with Crippen molar-refractivity contribution in [3.05, 3.63) is 23.8 Å². The monoisotopic (exact) mass is 314 g/mol. The van der Waals surface area contributed by atoms with E-state index in [9.17, 15) is 8.42 Å². The van der Waals surface area contributed by atoms with Crippen LogP contribution in [0.5, 0.6) is 0 Å². The van der Waals surface area contributed by atoms with Gasteiger partial charge in [0.25, 0.3) is 0 Å². The van der Waals surface area contributed by atoms with Gasteiger partial charge in [-0.2, -0.15) is 11.8 Å². The molecule has 1 aliphatic rings. The molecular weight excluding hydrogens is 292 g/mol. The van der Waals surface area contributed by atoms with E-state index in [1.54, 1.807) is 18.2 Å². The zero-order chi connectivity index (χ0) is 14.8. The van der Waals surface area contributed by atoms with Gasteiger partial charge in [-0.05, 0) is 50.1 Å². The van der Waals surface area contributed by atoms with Gasteiger partial charge < -0.3 is 5.73 Å². The fraction of sp³-hybridized carbons (Fsp3) is 0.571. The molecule has 20 heavy (non-hydrogen) atoms. The van der Waals surface area contributed by atoms with E-state index in [0.29, 0.717) is 10.9 Å². The predicted molar refractivity (Wildman–Crippen MR) is 85.5 cm³/mol. The zero-order valence-corrected chi connectivity index (χ0v) is 13.6. The van der Waals surface area contributed by atoms with Gasteiger partial charge in [0.05, 0.1) is 5.69 Å². The maximum atomic E-state index is 12.4. The number of benzene rings is 1. The third-order valence-electron chi connectivity index (χ3n) is 3.74. The first kappa shape index (κ1) is 15.7. The van der Waals surface area contributed by atoms with E-state index in [4.69, 9.17) is 5.73 Å². The Hall–Kier alpha value is -0.720. The fourth-order valence-electron chi connectivity index (χ4n) is 2.66. The third-order valence-corrected chi connectivity index (χ3v) is 6.43. The summed E-state index contributed by atoms with van der Waals surface area (Å²) >= 11 is 1.82. The van der Waals surface area contributed by atoms with Crippen molar-refractivity contribution in [2.45, 2.75) is 48.8 Å². The molecule has 0 aromatic heterocycles. The summed E-state index contributed by atoms with van der Waals surface area (Å²) in [5.74, 6) is 0. The maximum Gasteiger partial charge on any atom is 0.242 e. The lowest BCUT2D eigenvalue weighted by molar-refractivity contribution is 0.421. The molecule has 2 rings (SSSR count). The number of aryl methyl sites for hydroxylation is 1. The highest BCUT2D eigenvalue weighted by Crippen LogP contribution is 2.28. The molecule has 1 aliphatic carbocycles. The van der Waals surface area contributed by atoms with Crippen LogP contribution in [-0.2, 0) is 10.0 Å². The number of nitrogens with one attached hydrogen (secondary N) is 1. The van der Waals surface area contributed by atoms with Gasteiger partial charge in [0, 0.05) is 11.3 Å². The smallest absolute Gasteiger partial charge is 0.242 e. The molecule has 1 saturated carbocycles. The van der Waals surface area contributed by atoms with Crippen LogP contribution in [0.1, 0.15) is 31.2 Å². The van der Waals surface area contributed by atoms with Gasteiger partial charge in [-0.25, -0.2) is 13.1 Å². The molecule has 1 aromatic rings. The lowest BCUT2D eigenvalue weighted by atomic mass is 9.96. The van der Waals surface area contributed by atoms with Gasteiger partial charge in [0.15, 0.2) is 0 Å². The van der Waals surface area contributed by atoms with Crippen LogP contribution < -0.4 is 10.5 Å². The van der Waals surface area contributed by atoms with Gasteiger partial charge in [0.2, 0.25) is 10.0 Å². The second kappa shape index (κ2) is 6.37. The van der Waals surface area contributed by atoms with Gasteiger partial charge in [-0.1, -0.05) is 12.5 Å². The summed E-state index contributed by atoms with van der Waals surface area (Å²) in [6, 6.07) is 5.07. The van der Waals surface area contributed by atoms with Crippen LogP contribution in [0.2, 0.25) is 0 Å². The molecule has 3 N–H and O–H groups in total. The first-order valence-corrected chi connectivity index (χ1v) is 9.60. The zero-order valence-electron chi connectivity index (χ0n) is 11.9. The maximum absolute atomic E-state index is 12.4. The summed E-state index contributed by atoms with van der Waals surface area (Å²) in [6.07, 6.45) is 6.13. The number of rotatable bonds is 4. The first-order chi connectivity index (χ1) is 9.42. The van der Waals surface area contributed by atoms with Gasteiger partial charge in [0.1, 0.15) is 4.90 Å². The summed E-state index contributed by atoms with van der Waals surface area (Å²) in [7, 11) is -3.52. The second-order valence-corrected chi connectivity index (χ2v) is 8.20. The van der Waals surface area contributed by atoms with Crippen molar-refractivity contribution >= 4 is 27.5 Å². The topological polar surface area (TPSA) is 72.2 Å². The highest BCUT2D eigenvalue weighted by atomic mass is 32.2. The first-order valence-electron chi connectivity index (χ1n) is 6.83. The summed E-state index contributed by atoms with van der Waals surface area (Å²) in [6.45, 7) is 1.89. The lowest BCUT2D eigenvalue weighted by Gasteiger charge is -2.28. The molecule has 0 amide bonds. The SMILES string of the molecule is CSC1CCCC(NS(=O)(=O)c2ccc(C)cc2N)C1. The molecule has 2 atom stereocenters. The van der Waals surface area contributed by atoms with Crippen LogP contribution in [0.15, 0.2) is 23.1 Å². The standard InChI is InChI=1S/C14H22N2O2S2/c1-10-6-7-14(13(15)8-10)20(17,18)16-11-4-3-5-12(9-11)19-2/h6-8,11-12,16H,3-5,9,15H2,1-2H3. The second-order valence-electron chi connectivity index (χ2n) is 5.38. The fourth-order valence-corrected chi connectivity index (χ4v) is 4.89. The molecular formula is C14H22N2O2S2. The van der Waals surface area contributed by atoms with Crippen LogP contribution in [0, 0.1) is 6.92 Å². The Kier molecular flexibility index (Phi) is 4.99. The highest BCUT2D eigenvalue weighted by molar-refractivity contribution is 7.99. The quantitative estimate of drug-likeness (QED) is 0.838. The molecule has 0 radical (unpaired) electrons.